The molecule has 1 aromatic carbocycles. The highest BCUT2D eigenvalue weighted by Gasteiger charge is 2.14. The topological polar surface area (TPSA) is 47.8 Å². The van der Waals surface area contributed by atoms with E-state index in [2.05, 4.69) is 48.4 Å². The number of nitrogens with zero attached hydrogens (tertiary/aromatic N) is 3. The van der Waals surface area contributed by atoms with Gasteiger partial charge in [0.1, 0.15) is 0 Å². The predicted molar refractivity (Wildman–Crippen MR) is 78.2 cm³/mol. The van der Waals surface area contributed by atoms with E-state index in [1.54, 1.807) is 13.3 Å². The molecule has 0 spiro atoms. The van der Waals surface area contributed by atoms with Crippen molar-refractivity contribution in [2.45, 2.75) is 26.1 Å². The quantitative estimate of drug-likeness (QED) is 0.805. The lowest BCUT2D eigenvalue weighted by atomic mass is 10.1. The Labute approximate surface area is 114 Å². The van der Waals surface area contributed by atoms with Gasteiger partial charge in [-0.15, -0.1) is 5.10 Å². The highest BCUT2D eigenvalue weighted by molar-refractivity contribution is 7.61. The molecule has 0 aliphatic rings. The molecule has 0 unspecified atom stereocenters. The Morgan fingerprint density at radius 3 is 2.47 bits per heavy atom. The number of benzene rings is 1. The van der Waals surface area contributed by atoms with Crippen LogP contribution in [0.15, 0.2) is 30.5 Å². The van der Waals surface area contributed by atoms with E-state index in [9.17, 15) is 4.57 Å². The standard InChI is InChI=1S/C14H20N3OP/c1-11-5-7-13(8-6-11)12(2)17-9-14(15-16-17)10-19(3,4)18/h5-9,12H,10H2,1-4H3/t12-/m0/s1. The second-order valence-electron chi connectivity index (χ2n) is 5.51. The largest absolute Gasteiger partial charge is 0.324 e. The molecule has 2 aromatic rings. The Hall–Kier alpha value is -1.41. The van der Waals surface area contributed by atoms with Gasteiger partial charge in [0.05, 0.1) is 18.9 Å². The van der Waals surface area contributed by atoms with Crippen molar-refractivity contribution in [2.75, 3.05) is 13.3 Å². The number of aromatic nitrogens is 3. The fraction of sp³-hybridized carbons (Fsp3) is 0.429. The van der Waals surface area contributed by atoms with E-state index in [0.717, 1.165) is 5.69 Å². The fourth-order valence-electron chi connectivity index (χ4n) is 1.96. The second kappa shape index (κ2) is 5.30. The summed E-state index contributed by atoms with van der Waals surface area (Å²) < 4.78 is 13.6. The summed E-state index contributed by atoms with van der Waals surface area (Å²) in [6, 6.07) is 8.53. The van der Waals surface area contributed by atoms with Crippen molar-refractivity contribution in [3.05, 3.63) is 47.3 Å². The summed E-state index contributed by atoms with van der Waals surface area (Å²) >= 11 is 0. The highest BCUT2D eigenvalue weighted by Crippen LogP contribution is 2.39. The third-order valence-electron chi connectivity index (χ3n) is 3.06. The van der Waals surface area contributed by atoms with Crippen LogP contribution < -0.4 is 0 Å². The van der Waals surface area contributed by atoms with Gasteiger partial charge in [-0.1, -0.05) is 35.0 Å². The maximum absolute atomic E-state index is 11.8. The van der Waals surface area contributed by atoms with E-state index in [-0.39, 0.29) is 6.04 Å². The Balaban J connectivity index is 2.18. The van der Waals surface area contributed by atoms with Crippen LogP contribution in [0.3, 0.4) is 0 Å². The maximum atomic E-state index is 11.8. The van der Waals surface area contributed by atoms with Crippen LogP contribution in [-0.4, -0.2) is 28.3 Å². The van der Waals surface area contributed by atoms with E-state index < -0.39 is 7.14 Å². The van der Waals surface area contributed by atoms with Crippen molar-refractivity contribution in [3.8, 4) is 0 Å². The van der Waals surface area contributed by atoms with Crippen molar-refractivity contribution in [1.82, 2.24) is 15.0 Å². The molecular weight excluding hydrogens is 257 g/mol. The van der Waals surface area contributed by atoms with E-state index in [1.807, 2.05) is 10.9 Å². The SMILES string of the molecule is Cc1ccc([C@H](C)n2cc(CP(C)(C)=O)nn2)cc1. The molecule has 4 nitrogen and oxygen atoms in total. The molecule has 102 valence electrons. The maximum Gasteiger partial charge on any atom is 0.0900 e. The van der Waals surface area contributed by atoms with Crippen molar-refractivity contribution in [3.63, 3.8) is 0 Å². The van der Waals surface area contributed by atoms with Gasteiger partial charge in [0.25, 0.3) is 0 Å². The lowest BCUT2D eigenvalue weighted by Gasteiger charge is -2.11. The zero-order valence-electron chi connectivity index (χ0n) is 11.9. The second-order valence-corrected chi connectivity index (χ2v) is 8.97. The molecule has 0 N–H and O–H groups in total. The van der Waals surface area contributed by atoms with Crippen LogP contribution in [0.4, 0.5) is 0 Å². The Kier molecular flexibility index (Phi) is 3.91. The van der Waals surface area contributed by atoms with Gasteiger partial charge < -0.3 is 4.57 Å². The van der Waals surface area contributed by atoms with Gasteiger partial charge in [-0.2, -0.15) is 0 Å². The molecule has 19 heavy (non-hydrogen) atoms. The van der Waals surface area contributed by atoms with Crippen molar-refractivity contribution in [2.24, 2.45) is 0 Å². The summed E-state index contributed by atoms with van der Waals surface area (Å²) in [5.41, 5.74) is 3.23. The van der Waals surface area contributed by atoms with Gasteiger partial charge >= 0.3 is 0 Å². The van der Waals surface area contributed by atoms with E-state index >= 15 is 0 Å². The lowest BCUT2D eigenvalue weighted by Crippen LogP contribution is -2.07. The summed E-state index contributed by atoms with van der Waals surface area (Å²) in [5, 5.41) is 8.25. The third-order valence-corrected chi connectivity index (χ3v) is 4.14. The van der Waals surface area contributed by atoms with E-state index in [1.165, 1.54) is 11.1 Å². The molecule has 0 bridgehead atoms. The zero-order chi connectivity index (χ0) is 14.0. The lowest BCUT2D eigenvalue weighted by molar-refractivity contribution is 0.543. The minimum Gasteiger partial charge on any atom is -0.324 e. The summed E-state index contributed by atoms with van der Waals surface area (Å²) in [5.74, 6) is 0. The first-order valence-corrected chi connectivity index (χ1v) is 9.15. The Bertz CT molecular complexity index is 597. The molecule has 1 atom stereocenters. The average Bonchev–Trinajstić information content (AvgIpc) is 2.75. The third kappa shape index (κ3) is 3.77. The summed E-state index contributed by atoms with van der Waals surface area (Å²) in [4.78, 5) is 0. The first-order valence-electron chi connectivity index (χ1n) is 6.36. The summed E-state index contributed by atoms with van der Waals surface area (Å²) in [6.45, 7) is 7.70. The molecule has 1 heterocycles. The Morgan fingerprint density at radius 1 is 1.26 bits per heavy atom. The number of rotatable bonds is 4. The smallest absolute Gasteiger partial charge is 0.0900 e. The molecule has 0 aliphatic carbocycles. The van der Waals surface area contributed by atoms with Crippen molar-refractivity contribution < 1.29 is 4.57 Å². The molecule has 0 amide bonds. The van der Waals surface area contributed by atoms with Crippen molar-refractivity contribution in [1.29, 1.82) is 0 Å². The molecule has 5 heteroatoms. The molecule has 1 aromatic heterocycles. The van der Waals surface area contributed by atoms with Crippen LogP contribution in [0.5, 0.6) is 0 Å². The Morgan fingerprint density at radius 2 is 1.89 bits per heavy atom. The van der Waals surface area contributed by atoms with E-state index in [4.69, 9.17) is 0 Å². The van der Waals surface area contributed by atoms with Gasteiger partial charge in [0.2, 0.25) is 0 Å². The normalized spacial score (nSPS) is 13.5. The van der Waals surface area contributed by atoms with Crippen LogP contribution in [0.2, 0.25) is 0 Å². The molecule has 2 rings (SSSR count). The van der Waals surface area contributed by atoms with Crippen LogP contribution in [0, 0.1) is 6.92 Å². The molecular formula is C14H20N3OP. The summed E-state index contributed by atoms with van der Waals surface area (Å²) in [6.07, 6.45) is 2.40. The number of hydrogen-bond donors (Lipinski definition) is 0. The molecule has 0 saturated heterocycles. The highest BCUT2D eigenvalue weighted by atomic mass is 31.2. The predicted octanol–water partition coefficient (Wildman–Crippen LogP) is 3.32. The van der Waals surface area contributed by atoms with E-state index in [0.29, 0.717) is 6.16 Å². The molecule has 0 aliphatic heterocycles. The van der Waals surface area contributed by atoms with Crippen LogP contribution in [0.1, 0.15) is 29.8 Å². The first-order chi connectivity index (χ1) is 8.85. The van der Waals surface area contributed by atoms with Gasteiger partial charge in [0.15, 0.2) is 0 Å². The minimum absolute atomic E-state index is 0.134. The monoisotopic (exact) mass is 277 g/mol. The fourth-order valence-corrected chi connectivity index (χ4v) is 2.89. The van der Waals surface area contributed by atoms with Gasteiger partial charge in [0, 0.05) is 12.4 Å². The minimum atomic E-state index is -2.10. The van der Waals surface area contributed by atoms with Crippen LogP contribution >= 0.6 is 7.14 Å². The zero-order valence-corrected chi connectivity index (χ0v) is 12.8. The van der Waals surface area contributed by atoms with Crippen LogP contribution in [0.25, 0.3) is 0 Å². The van der Waals surface area contributed by atoms with Crippen LogP contribution in [-0.2, 0) is 10.7 Å². The van der Waals surface area contributed by atoms with Gasteiger partial charge in [-0.25, -0.2) is 4.68 Å². The van der Waals surface area contributed by atoms with Crippen molar-refractivity contribution >= 4 is 7.14 Å². The number of hydrogen-bond acceptors (Lipinski definition) is 3. The molecule has 0 fully saturated rings. The molecule has 0 saturated carbocycles. The molecule has 0 radical (unpaired) electrons. The van der Waals surface area contributed by atoms with Gasteiger partial charge in [-0.3, -0.25) is 0 Å². The first kappa shape index (κ1) is 14.0. The number of aryl methyl sites for hydroxylation is 1. The van der Waals surface area contributed by atoms with Gasteiger partial charge in [-0.05, 0) is 32.7 Å². The summed E-state index contributed by atoms with van der Waals surface area (Å²) in [7, 11) is -2.10. The average molecular weight is 277 g/mol.